The van der Waals surface area contributed by atoms with E-state index in [0.29, 0.717) is 21.8 Å². The highest BCUT2D eigenvalue weighted by Gasteiger charge is 2.21. The number of hydrogen-bond acceptors (Lipinski definition) is 4. The third kappa shape index (κ3) is 3.38. The normalized spacial score (nSPS) is 11.9. The van der Waals surface area contributed by atoms with Gasteiger partial charge < -0.3 is 10.1 Å². The molecule has 1 N–H and O–H groups in total. The third-order valence-corrected chi connectivity index (χ3v) is 3.66. The van der Waals surface area contributed by atoms with E-state index in [1.165, 1.54) is 13.1 Å². The number of anilines is 1. The van der Waals surface area contributed by atoms with Crippen molar-refractivity contribution >= 4 is 34.7 Å². The Hall–Kier alpha value is -2.86. The van der Waals surface area contributed by atoms with Crippen LogP contribution in [0.5, 0.6) is 0 Å². The standard InChI is InChI=1S/C17H14ClN3O3/c1-11(16(22)20-13-7-5-12(18)6-8-13)24-17(23)14-10-19-21-9-3-2-4-15(14)21/h2-11H,1H3,(H,20,22). The SMILES string of the molecule is CC(OC(=O)c1cnn2ccccc12)C(=O)Nc1ccc(Cl)cc1. The molecule has 1 unspecified atom stereocenters. The van der Waals surface area contributed by atoms with Crippen molar-refractivity contribution in [3.63, 3.8) is 0 Å². The number of nitrogens with zero attached hydrogens (tertiary/aromatic N) is 2. The molecule has 24 heavy (non-hydrogen) atoms. The molecule has 0 aliphatic rings. The molecular formula is C17H14ClN3O3. The first-order valence-electron chi connectivity index (χ1n) is 7.24. The largest absolute Gasteiger partial charge is 0.449 e. The number of fused-ring (bicyclic) bond motifs is 1. The number of carbonyl (C=O) groups excluding carboxylic acids is 2. The third-order valence-electron chi connectivity index (χ3n) is 3.41. The van der Waals surface area contributed by atoms with E-state index in [9.17, 15) is 9.59 Å². The van der Waals surface area contributed by atoms with E-state index in [0.717, 1.165) is 0 Å². The number of hydrogen-bond donors (Lipinski definition) is 1. The number of ether oxygens (including phenoxy) is 1. The highest BCUT2D eigenvalue weighted by molar-refractivity contribution is 6.30. The van der Waals surface area contributed by atoms with Gasteiger partial charge in [-0.1, -0.05) is 17.7 Å². The van der Waals surface area contributed by atoms with Gasteiger partial charge in [0.05, 0.1) is 11.7 Å². The van der Waals surface area contributed by atoms with Gasteiger partial charge in [-0.3, -0.25) is 4.79 Å². The van der Waals surface area contributed by atoms with E-state index in [4.69, 9.17) is 16.3 Å². The Kier molecular flexibility index (Phi) is 4.48. The summed E-state index contributed by atoms with van der Waals surface area (Å²) in [6, 6.07) is 12.0. The van der Waals surface area contributed by atoms with Crippen LogP contribution in [0.3, 0.4) is 0 Å². The number of carbonyl (C=O) groups is 2. The maximum atomic E-state index is 12.3. The number of aromatic nitrogens is 2. The quantitative estimate of drug-likeness (QED) is 0.738. The Bertz CT molecular complexity index is 889. The van der Waals surface area contributed by atoms with E-state index >= 15 is 0 Å². The number of rotatable bonds is 4. The van der Waals surface area contributed by atoms with Crippen molar-refractivity contribution in [2.24, 2.45) is 0 Å². The van der Waals surface area contributed by atoms with Gasteiger partial charge in [-0.2, -0.15) is 5.10 Å². The van der Waals surface area contributed by atoms with Gasteiger partial charge in [-0.25, -0.2) is 9.31 Å². The van der Waals surface area contributed by atoms with Crippen LogP contribution in [-0.2, 0) is 9.53 Å². The lowest BCUT2D eigenvalue weighted by atomic mass is 10.2. The summed E-state index contributed by atoms with van der Waals surface area (Å²) in [4.78, 5) is 24.4. The number of amides is 1. The lowest BCUT2D eigenvalue weighted by Crippen LogP contribution is -2.29. The summed E-state index contributed by atoms with van der Waals surface area (Å²) in [6.45, 7) is 1.51. The fraction of sp³-hybridized carbons (Fsp3) is 0.118. The monoisotopic (exact) mass is 343 g/mol. The molecule has 0 fully saturated rings. The first kappa shape index (κ1) is 16.0. The van der Waals surface area contributed by atoms with Crippen LogP contribution in [-0.4, -0.2) is 27.6 Å². The Balaban J connectivity index is 1.67. The smallest absolute Gasteiger partial charge is 0.342 e. The molecule has 0 aliphatic heterocycles. The van der Waals surface area contributed by atoms with Crippen LogP contribution in [0.25, 0.3) is 5.52 Å². The number of halogens is 1. The fourth-order valence-electron chi connectivity index (χ4n) is 2.15. The van der Waals surface area contributed by atoms with Crippen molar-refractivity contribution in [1.29, 1.82) is 0 Å². The second-order valence-electron chi connectivity index (χ2n) is 5.13. The molecule has 0 radical (unpaired) electrons. The van der Waals surface area contributed by atoms with Crippen molar-refractivity contribution in [3.8, 4) is 0 Å². The summed E-state index contributed by atoms with van der Waals surface area (Å²) in [5, 5.41) is 7.30. The number of pyridine rings is 1. The zero-order chi connectivity index (χ0) is 17.1. The zero-order valence-corrected chi connectivity index (χ0v) is 13.5. The molecule has 3 rings (SSSR count). The van der Waals surface area contributed by atoms with Crippen molar-refractivity contribution in [2.75, 3.05) is 5.32 Å². The molecule has 0 saturated heterocycles. The van der Waals surface area contributed by atoms with Crippen LogP contribution < -0.4 is 5.32 Å². The molecule has 122 valence electrons. The molecule has 1 atom stereocenters. The molecule has 1 aromatic carbocycles. The Morgan fingerprint density at radius 3 is 2.71 bits per heavy atom. The van der Waals surface area contributed by atoms with Crippen molar-refractivity contribution in [1.82, 2.24) is 9.61 Å². The summed E-state index contributed by atoms with van der Waals surface area (Å²) in [5.41, 5.74) is 1.50. The summed E-state index contributed by atoms with van der Waals surface area (Å²) in [7, 11) is 0. The Morgan fingerprint density at radius 1 is 1.21 bits per heavy atom. The molecule has 2 aromatic heterocycles. The number of esters is 1. The van der Waals surface area contributed by atoms with Crippen LogP contribution in [0.4, 0.5) is 5.69 Å². The predicted molar refractivity (Wildman–Crippen MR) is 90.2 cm³/mol. The molecule has 1 amide bonds. The fourth-order valence-corrected chi connectivity index (χ4v) is 2.27. The molecule has 0 spiro atoms. The topological polar surface area (TPSA) is 72.7 Å². The average Bonchev–Trinajstić information content (AvgIpc) is 3.01. The van der Waals surface area contributed by atoms with Crippen LogP contribution in [0.2, 0.25) is 5.02 Å². The van der Waals surface area contributed by atoms with E-state index in [2.05, 4.69) is 10.4 Å². The molecule has 0 bridgehead atoms. The lowest BCUT2D eigenvalue weighted by Gasteiger charge is -2.13. The number of nitrogens with one attached hydrogen (secondary N) is 1. The Labute approximate surface area is 143 Å². The molecular weight excluding hydrogens is 330 g/mol. The van der Waals surface area contributed by atoms with E-state index in [-0.39, 0.29) is 0 Å². The van der Waals surface area contributed by atoms with Gasteiger partial charge in [0.15, 0.2) is 6.10 Å². The molecule has 6 nitrogen and oxygen atoms in total. The molecule has 3 aromatic rings. The Morgan fingerprint density at radius 2 is 1.96 bits per heavy atom. The minimum atomic E-state index is -0.952. The summed E-state index contributed by atoms with van der Waals surface area (Å²) >= 11 is 5.79. The molecule has 0 aliphatic carbocycles. The van der Waals surface area contributed by atoms with Gasteiger partial charge in [0.2, 0.25) is 0 Å². The van der Waals surface area contributed by atoms with Gasteiger partial charge in [0.25, 0.3) is 5.91 Å². The maximum Gasteiger partial charge on any atom is 0.342 e. The minimum absolute atomic E-state index is 0.307. The maximum absolute atomic E-state index is 12.3. The molecule has 0 saturated carbocycles. The minimum Gasteiger partial charge on any atom is -0.449 e. The van der Waals surface area contributed by atoms with Gasteiger partial charge in [0, 0.05) is 16.9 Å². The second-order valence-corrected chi connectivity index (χ2v) is 5.57. The van der Waals surface area contributed by atoms with Crippen molar-refractivity contribution < 1.29 is 14.3 Å². The van der Waals surface area contributed by atoms with Crippen LogP contribution >= 0.6 is 11.6 Å². The summed E-state index contributed by atoms with van der Waals surface area (Å²) in [5.74, 6) is -1.03. The van der Waals surface area contributed by atoms with E-state index in [1.807, 2.05) is 0 Å². The van der Waals surface area contributed by atoms with Crippen LogP contribution in [0.15, 0.2) is 54.9 Å². The summed E-state index contributed by atoms with van der Waals surface area (Å²) in [6.07, 6.45) is 2.19. The lowest BCUT2D eigenvalue weighted by molar-refractivity contribution is -0.123. The van der Waals surface area contributed by atoms with Crippen molar-refractivity contribution in [2.45, 2.75) is 13.0 Å². The average molecular weight is 344 g/mol. The second kappa shape index (κ2) is 6.72. The van der Waals surface area contributed by atoms with Crippen LogP contribution in [0, 0.1) is 0 Å². The zero-order valence-electron chi connectivity index (χ0n) is 12.8. The van der Waals surface area contributed by atoms with E-state index < -0.39 is 18.0 Å². The van der Waals surface area contributed by atoms with Gasteiger partial charge >= 0.3 is 5.97 Å². The van der Waals surface area contributed by atoms with Gasteiger partial charge in [-0.05, 0) is 43.3 Å². The molecule has 2 heterocycles. The highest BCUT2D eigenvalue weighted by atomic mass is 35.5. The highest BCUT2D eigenvalue weighted by Crippen LogP contribution is 2.15. The van der Waals surface area contributed by atoms with Gasteiger partial charge in [0.1, 0.15) is 5.56 Å². The first-order valence-corrected chi connectivity index (χ1v) is 7.62. The van der Waals surface area contributed by atoms with E-state index in [1.54, 1.807) is 53.2 Å². The molecule has 7 heteroatoms. The summed E-state index contributed by atoms with van der Waals surface area (Å²) < 4.78 is 6.79. The van der Waals surface area contributed by atoms with Crippen LogP contribution in [0.1, 0.15) is 17.3 Å². The predicted octanol–water partition coefficient (Wildman–Crippen LogP) is 3.17. The first-order chi connectivity index (χ1) is 11.5. The number of benzene rings is 1. The van der Waals surface area contributed by atoms with Gasteiger partial charge in [-0.15, -0.1) is 0 Å². The van der Waals surface area contributed by atoms with Crippen molar-refractivity contribution in [3.05, 3.63) is 65.4 Å².